The monoisotopic (exact) mass is 460 g/mol. The van der Waals surface area contributed by atoms with Gasteiger partial charge in [0.2, 0.25) is 0 Å². The van der Waals surface area contributed by atoms with E-state index in [1.54, 1.807) is 24.3 Å². The van der Waals surface area contributed by atoms with Gasteiger partial charge < -0.3 is 9.73 Å². The van der Waals surface area contributed by atoms with Crippen LogP contribution in [-0.4, -0.2) is 14.3 Å². The largest absolute Gasteiger partial charge is 0.451 e. The van der Waals surface area contributed by atoms with E-state index in [0.717, 1.165) is 5.39 Å². The van der Waals surface area contributed by atoms with E-state index in [1.165, 1.54) is 30.3 Å². The van der Waals surface area contributed by atoms with Gasteiger partial charge in [-0.1, -0.05) is 47.5 Å². The summed E-state index contributed by atoms with van der Waals surface area (Å²) in [4.78, 5) is 12.4. The molecule has 0 unspecified atom stereocenters. The number of sulfonamides is 1. The second-order valence-electron chi connectivity index (χ2n) is 6.33. The van der Waals surface area contributed by atoms with Crippen molar-refractivity contribution >= 4 is 61.5 Å². The molecule has 4 aromatic rings. The van der Waals surface area contributed by atoms with Crippen molar-refractivity contribution < 1.29 is 17.6 Å². The number of hydrogen-bond donors (Lipinski definition) is 2. The molecule has 0 spiro atoms. The molecule has 4 rings (SSSR count). The zero-order chi connectivity index (χ0) is 21.3. The van der Waals surface area contributed by atoms with Crippen LogP contribution < -0.4 is 10.0 Å². The number of halogens is 2. The van der Waals surface area contributed by atoms with Gasteiger partial charge in [0, 0.05) is 11.1 Å². The quantitative estimate of drug-likeness (QED) is 0.394. The number of para-hydroxylation sites is 1. The Hall–Kier alpha value is -3.00. The Morgan fingerprint density at radius 2 is 1.63 bits per heavy atom. The van der Waals surface area contributed by atoms with E-state index in [0.29, 0.717) is 11.3 Å². The number of anilines is 2. The number of fused-ring (bicyclic) bond motifs is 1. The molecule has 0 radical (unpaired) electrons. The molecule has 0 bridgehead atoms. The van der Waals surface area contributed by atoms with Crippen molar-refractivity contribution in [3.05, 3.63) is 88.6 Å². The molecule has 9 heteroatoms. The van der Waals surface area contributed by atoms with Crippen LogP contribution in [0, 0.1) is 0 Å². The normalized spacial score (nSPS) is 11.4. The highest BCUT2D eigenvalue weighted by Crippen LogP contribution is 2.31. The second-order valence-corrected chi connectivity index (χ2v) is 8.80. The van der Waals surface area contributed by atoms with E-state index < -0.39 is 15.9 Å². The lowest BCUT2D eigenvalue weighted by Crippen LogP contribution is -2.14. The predicted octanol–water partition coefficient (Wildman–Crippen LogP) is 5.79. The predicted molar refractivity (Wildman–Crippen MR) is 118 cm³/mol. The first-order chi connectivity index (χ1) is 14.3. The van der Waals surface area contributed by atoms with Crippen LogP contribution >= 0.6 is 23.2 Å². The Bertz CT molecular complexity index is 1320. The van der Waals surface area contributed by atoms with Crippen LogP contribution in [0.15, 0.2) is 82.1 Å². The van der Waals surface area contributed by atoms with E-state index in [-0.39, 0.29) is 26.4 Å². The van der Waals surface area contributed by atoms with Gasteiger partial charge in [-0.05, 0) is 48.5 Å². The molecule has 2 N–H and O–H groups in total. The fraction of sp³-hybridized carbons (Fsp3) is 0. The van der Waals surface area contributed by atoms with Crippen LogP contribution in [0.1, 0.15) is 10.6 Å². The third-order valence-corrected chi connectivity index (χ3v) is 6.47. The highest BCUT2D eigenvalue weighted by molar-refractivity contribution is 7.92. The highest BCUT2D eigenvalue weighted by atomic mass is 35.5. The molecule has 0 atom stereocenters. The van der Waals surface area contributed by atoms with E-state index >= 15 is 0 Å². The molecule has 1 heterocycles. The average molecular weight is 461 g/mol. The van der Waals surface area contributed by atoms with Gasteiger partial charge in [0.25, 0.3) is 15.9 Å². The minimum atomic E-state index is -3.89. The highest BCUT2D eigenvalue weighted by Gasteiger charge is 2.17. The Balaban J connectivity index is 1.50. The van der Waals surface area contributed by atoms with Crippen LogP contribution in [0.3, 0.4) is 0 Å². The number of carbonyl (C=O) groups excluding carboxylic acids is 1. The first kappa shape index (κ1) is 20.3. The summed E-state index contributed by atoms with van der Waals surface area (Å²) in [5, 5.41) is 3.84. The molecule has 6 nitrogen and oxygen atoms in total. The van der Waals surface area contributed by atoms with Gasteiger partial charge in [-0.25, -0.2) is 8.42 Å². The van der Waals surface area contributed by atoms with E-state index in [9.17, 15) is 13.2 Å². The zero-order valence-corrected chi connectivity index (χ0v) is 17.6. The van der Waals surface area contributed by atoms with Crippen LogP contribution in [0.5, 0.6) is 0 Å². The molecule has 0 aliphatic carbocycles. The minimum Gasteiger partial charge on any atom is -0.451 e. The number of rotatable bonds is 5. The van der Waals surface area contributed by atoms with Crippen molar-refractivity contribution in [3.8, 4) is 0 Å². The van der Waals surface area contributed by atoms with Gasteiger partial charge in [0.1, 0.15) is 5.58 Å². The standard InChI is InChI=1S/C21H14Cl2N2O4S/c22-16-5-3-6-17(20(16)23)25-30(27,28)15-10-8-14(9-11-15)24-21(26)19-12-13-4-1-2-7-18(13)29-19/h1-12,25H,(H,24,26). The van der Waals surface area contributed by atoms with Crippen molar-refractivity contribution in [2.75, 3.05) is 10.0 Å². The molecule has 3 aromatic carbocycles. The minimum absolute atomic E-state index is 0.000258. The molecular formula is C21H14Cl2N2O4S. The summed E-state index contributed by atoms with van der Waals surface area (Å²) < 4.78 is 33.1. The lowest BCUT2D eigenvalue weighted by molar-refractivity contribution is 0.0998. The number of amides is 1. The first-order valence-corrected chi connectivity index (χ1v) is 10.9. The summed E-state index contributed by atoms with van der Waals surface area (Å²) in [6.07, 6.45) is 0. The maximum Gasteiger partial charge on any atom is 0.291 e. The van der Waals surface area contributed by atoms with Crippen molar-refractivity contribution in [2.24, 2.45) is 0 Å². The van der Waals surface area contributed by atoms with Gasteiger partial charge in [-0.3, -0.25) is 9.52 Å². The number of furan rings is 1. The molecule has 1 aromatic heterocycles. The number of nitrogens with one attached hydrogen (secondary N) is 2. The molecule has 0 fully saturated rings. The van der Waals surface area contributed by atoms with Gasteiger partial charge in [-0.2, -0.15) is 0 Å². The maximum absolute atomic E-state index is 12.6. The molecule has 0 saturated carbocycles. The van der Waals surface area contributed by atoms with Crippen LogP contribution in [0.4, 0.5) is 11.4 Å². The summed E-state index contributed by atoms with van der Waals surface area (Å²) in [5.41, 5.74) is 1.20. The Kier molecular flexibility index (Phi) is 5.42. The van der Waals surface area contributed by atoms with E-state index in [1.807, 2.05) is 18.2 Å². The van der Waals surface area contributed by atoms with Gasteiger partial charge in [0.15, 0.2) is 5.76 Å². The van der Waals surface area contributed by atoms with Crippen LogP contribution in [0.25, 0.3) is 11.0 Å². The molecule has 0 aliphatic rings. The number of benzene rings is 3. The average Bonchev–Trinajstić information content (AvgIpc) is 3.16. The molecular weight excluding hydrogens is 447 g/mol. The lowest BCUT2D eigenvalue weighted by atomic mass is 10.2. The number of hydrogen-bond acceptors (Lipinski definition) is 4. The summed E-state index contributed by atoms with van der Waals surface area (Å²) in [7, 11) is -3.89. The fourth-order valence-electron chi connectivity index (χ4n) is 2.79. The molecule has 1 amide bonds. The van der Waals surface area contributed by atoms with Crippen LogP contribution in [-0.2, 0) is 10.0 Å². The molecule has 0 saturated heterocycles. The van der Waals surface area contributed by atoms with Gasteiger partial charge in [-0.15, -0.1) is 0 Å². The van der Waals surface area contributed by atoms with Crippen LogP contribution in [0.2, 0.25) is 10.0 Å². The molecule has 152 valence electrons. The fourth-order valence-corrected chi connectivity index (χ4v) is 4.27. The smallest absolute Gasteiger partial charge is 0.291 e. The van der Waals surface area contributed by atoms with Gasteiger partial charge in [0.05, 0.1) is 20.6 Å². The Labute approximate surface area is 182 Å². The first-order valence-electron chi connectivity index (χ1n) is 8.70. The second kappa shape index (κ2) is 8.02. The topological polar surface area (TPSA) is 88.4 Å². The molecule has 0 aliphatic heterocycles. The Morgan fingerprint density at radius 1 is 0.900 bits per heavy atom. The maximum atomic E-state index is 12.6. The third-order valence-electron chi connectivity index (χ3n) is 4.27. The van der Waals surface area contributed by atoms with E-state index in [4.69, 9.17) is 27.6 Å². The van der Waals surface area contributed by atoms with Crippen molar-refractivity contribution in [3.63, 3.8) is 0 Å². The zero-order valence-electron chi connectivity index (χ0n) is 15.2. The summed E-state index contributed by atoms with van der Waals surface area (Å²) in [5.74, 6) is -0.282. The summed E-state index contributed by atoms with van der Waals surface area (Å²) in [6.45, 7) is 0. The third kappa shape index (κ3) is 4.14. The van der Waals surface area contributed by atoms with Crippen molar-refractivity contribution in [2.45, 2.75) is 4.90 Å². The summed E-state index contributed by atoms with van der Waals surface area (Å²) in [6, 6.07) is 19.3. The lowest BCUT2D eigenvalue weighted by Gasteiger charge is -2.11. The van der Waals surface area contributed by atoms with Crippen molar-refractivity contribution in [1.82, 2.24) is 0 Å². The number of carbonyl (C=O) groups is 1. The summed E-state index contributed by atoms with van der Waals surface area (Å²) >= 11 is 12.0. The van der Waals surface area contributed by atoms with Gasteiger partial charge >= 0.3 is 0 Å². The van der Waals surface area contributed by atoms with Crippen molar-refractivity contribution in [1.29, 1.82) is 0 Å². The Morgan fingerprint density at radius 3 is 2.37 bits per heavy atom. The SMILES string of the molecule is O=C(Nc1ccc(S(=O)(=O)Nc2cccc(Cl)c2Cl)cc1)c1cc2ccccc2o1. The molecule has 30 heavy (non-hydrogen) atoms. The van der Waals surface area contributed by atoms with E-state index in [2.05, 4.69) is 10.0 Å².